The summed E-state index contributed by atoms with van der Waals surface area (Å²) in [5.74, 6) is 0.618. The van der Waals surface area contributed by atoms with E-state index in [2.05, 4.69) is 15.3 Å². The molecule has 23 heavy (non-hydrogen) atoms. The van der Waals surface area contributed by atoms with Crippen LogP contribution in [0.4, 0.5) is 4.39 Å². The highest BCUT2D eigenvalue weighted by molar-refractivity contribution is 14.0. The molecule has 1 aromatic carbocycles. The van der Waals surface area contributed by atoms with Gasteiger partial charge in [0.25, 0.3) is 0 Å². The Bertz CT molecular complexity index is 627. The van der Waals surface area contributed by atoms with Crippen LogP contribution in [0.3, 0.4) is 0 Å². The Hall–Kier alpha value is -1.22. The number of nitrogens with zero attached hydrogens (tertiary/aromatic N) is 3. The van der Waals surface area contributed by atoms with Crippen molar-refractivity contribution in [3.63, 3.8) is 0 Å². The summed E-state index contributed by atoms with van der Waals surface area (Å²) in [6.07, 6.45) is 0. The molecule has 0 aliphatic carbocycles. The first-order valence-electron chi connectivity index (χ1n) is 7.23. The molecule has 0 amide bonds. The van der Waals surface area contributed by atoms with Crippen LogP contribution >= 0.6 is 35.3 Å². The van der Waals surface area contributed by atoms with Crippen molar-refractivity contribution >= 4 is 41.3 Å². The number of nitrogens with one attached hydrogen (secondary N) is 1. The molecule has 4 nitrogen and oxygen atoms in total. The summed E-state index contributed by atoms with van der Waals surface area (Å²) in [6, 6.07) is 6.55. The molecule has 0 fully saturated rings. The number of rotatable bonds is 5. The van der Waals surface area contributed by atoms with E-state index in [9.17, 15) is 4.39 Å². The van der Waals surface area contributed by atoms with E-state index >= 15 is 0 Å². The predicted octanol–water partition coefficient (Wildman–Crippen LogP) is 3.81. The van der Waals surface area contributed by atoms with Crippen molar-refractivity contribution in [1.29, 1.82) is 0 Å². The van der Waals surface area contributed by atoms with E-state index in [4.69, 9.17) is 0 Å². The number of hydrogen-bond acceptors (Lipinski definition) is 3. The number of aryl methyl sites for hydroxylation is 1. The van der Waals surface area contributed by atoms with Gasteiger partial charge in [-0.3, -0.25) is 0 Å². The maximum atomic E-state index is 13.0. The molecule has 0 bridgehead atoms. The topological polar surface area (TPSA) is 40.5 Å². The lowest BCUT2D eigenvalue weighted by Gasteiger charge is -2.22. The molecular weight excluding hydrogens is 426 g/mol. The Morgan fingerprint density at radius 2 is 2.04 bits per heavy atom. The molecule has 0 radical (unpaired) electrons. The van der Waals surface area contributed by atoms with Crippen LogP contribution in [-0.2, 0) is 13.1 Å². The van der Waals surface area contributed by atoms with E-state index in [0.29, 0.717) is 13.1 Å². The third-order valence-electron chi connectivity index (χ3n) is 3.25. The van der Waals surface area contributed by atoms with Gasteiger partial charge < -0.3 is 10.2 Å². The van der Waals surface area contributed by atoms with Gasteiger partial charge in [-0.15, -0.1) is 35.3 Å². The summed E-state index contributed by atoms with van der Waals surface area (Å²) in [5.41, 5.74) is 3.92. The van der Waals surface area contributed by atoms with Crippen molar-refractivity contribution in [2.45, 2.75) is 26.9 Å². The fourth-order valence-corrected chi connectivity index (χ4v) is 2.73. The molecule has 0 aliphatic rings. The Balaban J connectivity index is 0.00000264. The maximum absolute atomic E-state index is 13.0. The Morgan fingerprint density at radius 3 is 2.61 bits per heavy atom. The molecule has 0 saturated heterocycles. The van der Waals surface area contributed by atoms with E-state index < -0.39 is 0 Å². The molecule has 126 valence electrons. The van der Waals surface area contributed by atoms with Gasteiger partial charge in [-0.25, -0.2) is 14.4 Å². The van der Waals surface area contributed by atoms with Crippen molar-refractivity contribution in [1.82, 2.24) is 15.2 Å². The minimum Gasteiger partial charge on any atom is -0.357 e. The molecule has 0 unspecified atom stereocenters. The van der Waals surface area contributed by atoms with Crippen LogP contribution in [-0.4, -0.2) is 29.4 Å². The number of thiazole rings is 1. The van der Waals surface area contributed by atoms with Crippen LogP contribution in [0.5, 0.6) is 0 Å². The lowest BCUT2D eigenvalue weighted by Crippen LogP contribution is -2.38. The molecule has 1 aromatic heterocycles. The summed E-state index contributed by atoms with van der Waals surface area (Å²) >= 11 is 1.62. The second-order valence-corrected chi connectivity index (χ2v) is 5.95. The first kappa shape index (κ1) is 19.8. The van der Waals surface area contributed by atoms with Gasteiger partial charge in [0, 0.05) is 25.0 Å². The number of hydrogen-bond donors (Lipinski definition) is 1. The van der Waals surface area contributed by atoms with E-state index in [1.807, 2.05) is 31.3 Å². The summed E-state index contributed by atoms with van der Waals surface area (Å²) in [5, 5.41) is 3.28. The van der Waals surface area contributed by atoms with E-state index in [1.54, 1.807) is 23.5 Å². The second-order valence-electron chi connectivity index (χ2n) is 5.01. The van der Waals surface area contributed by atoms with E-state index in [0.717, 1.165) is 23.8 Å². The predicted molar refractivity (Wildman–Crippen MR) is 105 cm³/mol. The summed E-state index contributed by atoms with van der Waals surface area (Å²) in [7, 11) is 1.98. The highest BCUT2D eigenvalue weighted by Crippen LogP contribution is 2.13. The van der Waals surface area contributed by atoms with Gasteiger partial charge in [-0.05, 0) is 31.5 Å². The molecule has 0 aliphatic heterocycles. The zero-order valence-corrected chi connectivity index (χ0v) is 16.7. The first-order chi connectivity index (χ1) is 10.6. The molecule has 2 rings (SSSR count). The number of halogens is 2. The second kappa shape index (κ2) is 9.82. The summed E-state index contributed by atoms with van der Waals surface area (Å²) in [4.78, 5) is 12.1. The smallest absolute Gasteiger partial charge is 0.194 e. The Morgan fingerprint density at radius 1 is 1.35 bits per heavy atom. The van der Waals surface area contributed by atoms with Gasteiger partial charge in [0.15, 0.2) is 5.96 Å². The summed E-state index contributed by atoms with van der Waals surface area (Å²) < 4.78 is 13.0. The van der Waals surface area contributed by atoms with Crippen molar-refractivity contribution < 1.29 is 4.39 Å². The fourth-order valence-electron chi connectivity index (χ4n) is 2.03. The highest BCUT2D eigenvalue weighted by Gasteiger charge is 2.08. The average Bonchev–Trinajstić information content (AvgIpc) is 2.91. The summed E-state index contributed by atoms with van der Waals surface area (Å²) in [6.45, 7) is 6.13. The number of aliphatic imine (C=N–C) groups is 1. The number of aromatic nitrogens is 1. The van der Waals surface area contributed by atoms with Gasteiger partial charge in [-0.1, -0.05) is 12.1 Å². The average molecular weight is 448 g/mol. The van der Waals surface area contributed by atoms with E-state index in [-0.39, 0.29) is 29.8 Å². The normalized spacial score (nSPS) is 11.0. The van der Waals surface area contributed by atoms with Gasteiger partial charge in [0.05, 0.1) is 17.7 Å². The fraction of sp³-hybridized carbons (Fsp3) is 0.375. The lowest BCUT2D eigenvalue weighted by molar-refractivity contribution is 0.476. The third-order valence-corrected chi connectivity index (χ3v) is 4.17. The molecule has 1 N–H and O–H groups in total. The van der Waals surface area contributed by atoms with Crippen LogP contribution in [0.2, 0.25) is 0 Å². The van der Waals surface area contributed by atoms with Crippen molar-refractivity contribution in [2.75, 3.05) is 13.6 Å². The maximum Gasteiger partial charge on any atom is 0.194 e. The van der Waals surface area contributed by atoms with Crippen molar-refractivity contribution in [3.8, 4) is 0 Å². The van der Waals surface area contributed by atoms with Gasteiger partial charge in [0.1, 0.15) is 5.82 Å². The van der Waals surface area contributed by atoms with Crippen LogP contribution < -0.4 is 5.32 Å². The molecule has 0 spiro atoms. The van der Waals surface area contributed by atoms with Gasteiger partial charge >= 0.3 is 0 Å². The quantitative estimate of drug-likeness (QED) is 0.430. The zero-order chi connectivity index (χ0) is 15.9. The number of benzene rings is 1. The van der Waals surface area contributed by atoms with Gasteiger partial charge in [-0.2, -0.15) is 0 Å². The molecular formula is C16H22FIN4S. The largest absolute Gasteiger partial charge is 0.357 e. The van der Waals surface area contributed by atoms with Crippen molar-refractivity contribution in [2.24, 2.45) is 4.99 Å². The monoisotopic (exact) mass is 448 g/mol. The Labute approximate surface area is 157 Å². The van der Waals surface area contributed by atoms with Gasteiger partial charge in [0.2, 0.25) is 0 Å². The van der Waals surface area contributed by atoms with Crippen molar-refractivity contribution in [3.05, 3.63) is 51.7 Å². The number of guanidine groups is 1. The molecule has 2 aromatic rings. The highest BCUT2D eigenvalue weighted by atomic mass is 127. The van der Waals surface area contributed by atoms with Crippen LogP contribution in [0.25, 0.3) is 0 Å². The SMILES string of the molecule is CCNC(=NCc1scnc1C)N(C)Cc1ccc(F)cc1.I. The van der Waals surface area contributed by atoms with Crippen LogP contribution in [0.15, 0.2) is 34.8 Å². The standard InChI is InChI=1S/C16H21FN4S.HI/c1-4-18-16(19-9-15-12(2)20-11-22-15)21(3)10-13-5-7-14(17)8-6-13;/h5-8,11H,4,9-10H2,1-3H3,(H,18,19);1H. The zero-order valence-electron chi connectivity index (χ0n) is 13.5. The first-order valence-corrected chi connectivity index (χ1v) is 8.11. The molecule has 1 heterocycles. The van der Waals surface area contributed by atoms with Crippen LogP contribution in [0.1, 0.15) is 23.1 Å². The lowest BCUT2D eigenvalue weighted by atomic mass is 10.2. The third kappa shape index (κ3) is 6.06. The molecule has 0 atom stereocenters. The Kier molecular flexibility index (Phi) is 8.46. The molecule has 7 heteroatoms. The van der Waals surface area contributed by atoms with E-state index in [1.165, 1.54) is 17.0 Å². The minimum absolute atomic E-state index is 0. The minimum atomic E-state index is -0.215. The van der Waals surface area contributed by atoms with Crippen LogP contribution in [0, 0.1) is 12.7 Å². The molecule has 0 saturated carbocycles.